The molecule has 0 fully saturated rings. The first-order valence-corrected chi connectivity index (χ1v) is 9.23. The topological polar surface area (TPSA) is 82.5 Å². The van der Waals surface area contributed by atoms with Gasteiger partial charge in [0, 0.05) is 11.9 Å². The highest BCUT2D eigenvalue weighted by molar-refractivity contribution is 9.10. The summed E-state index contributed by atoms with van der Waals surface area (Å²) >= 11 is 3.36. The van der Waals surface area contributed by atoms with Crippen molar-refractivity contribution in [2.45, 2.75) is 46.3 Å². The van der Waals surface area contributed by atoms with E-state index in [-0.39, 0.29) is 19.2 Å². The molecule has 1 N–H and O–H groups in total. The highest BCUT2D eigenvalue weighted by atomic mass is 79.9. The summed E-state index contributed by atoms with van der Waals surface area (Å²) in [6.07, 6.45) is -0.507. The predicted molar refractivity (Wildman–Crippen MR) is 102 cm³/mol. The number of hydrogen-bond acceptors (Lipinski definition) is 5. The molecule has 2 aromatic rings. The van der Waals surface area contributed by atoms with Crippen molar-refractivity contribution in [2.75, 3.05) is 13.2 Å². The minimum Gasteiger partial charge on any atom is -0.461 e. The smallest absolute Gasteiger partial charge is 0.407 e. The van der Waals surface area contributed by atoms with Crippen LogP contribution in [0.25, 0.3) is 11.0 Å². The van der Waals surface area contributed by atoms with Crippen LogP contribution in [0, 0.1) is 0 Å². The second-order valence-corrected chi connectivity index (χ2v) is 7.71. The van der Waals surface area contributed by atoms with Crippen molar-refractivity contribution >= 4 is 39.0 Å². The summed E-state index contributed by atoms with van der Waals surface area (Å²) in [6, 6.07) is 5.20. The van der Waals surface area contributed by atoms with Crippen molar-refractivity contribution in [1.82, 2.24) is 14.9 Å². The molecule has 0 aliphatic heterocycles. The minimum atomic E-state index is -0.573. The third-order valence-electron chi connectivity index (χ3n) is 3.52. The van der Waals surface area contributed by atoms with Crippen molar-refractivity contribution in [3.63, 3.8) is 0 Å². The fraction of sp³-hybridized carbons (Fsp3) is 0.500. The summed E-state index contributed by atoms with van der Waals surface area (Å²) in [5.74, 6) is -0.425. The zero-order valence-corrected chi connectivity index (χ0v) is 17.2. The van der Waals surface area contributed by atoms with Crippen LogP contribution in [0.2, 0.25) is 0 Å². The number of aromatic nitrogens is 2. The van der Waals surface area contributed by atoms with Gasteiger partial charge in [0.25, 0.3) is 0 Å². The molecule has 7 nitrogen and oxygen atoms in total. The molecule has 0 aromatic carbocycles. The number of hydrogen-bond donors (Lipinski definition) is 1. The standard InChI is InChI=1S/C18H24BrN3O4/c1-6-25-16(23)13-9-12-7-8-14(19)21-15(12)22(13)11(2)10-20-17(24)26-18(3,4)5/h7-9,11H,6,10H2,1-5H3,(H,20,24). The lowest BCUT2D eigenvalue weighted by Crippen LogP contribution is -2.35. The second-order valence-electron chi connectivity index (χ2n) is 6.90. The fourth-order valence-electron chi connectivity index (χ4n) is 2.52. The molecule has 2 aromatic heterocycles. The monoisotopic (exact) mass is 425 g/mol. The van der Waals surface area contributed by atoms with Gasteiger partial charge in [0.1, 0.15) is 21.5 Å². The van der Waals surface area contributed by atoms with E-state index in [1.54, 1.807) is 38.3 Å². The van der Waals surface area contributed by atoms with Gasteiger partial charge in [0.2, 0.25) is 0 Å². The largest absolute Gasteiger partial charge is 0.461 e. The Hall–Kier alpha value is -2.09. The maximum atomic E-state index is 12.4. The van der Waals surface area contributed by atoms with Gasteiger partial charge in [0.15, 0.2) is 0 Å². The van der Waals surface area contributed by atoms with Crippen LogP contribution < -0.4 is 5.32 Å². The van der Waals surface area contributed by atoms with Gasteiger partial charge in [-0.1, -0.05) is 0 Å². The van der Waals surface area contributed by atoms with E-state index in [4.69, 9.17) is 9.47 Å². The van der Waals surface area contributed by atoms with Crippen molar-refractivity contribution in [2.24, 2.45) is 0 Å². The quantitative estimate of drug-likeness (QED) is 0.576. The number of esters is 1. The number of ether oxygens (including phenoxy) is 2. The van der Waals surface area contributed by atoms with Crippen LogP contribution >= 0.6 is 15.9 Å². The average Bonchev–Trinajstić information content (AvgIpc) is 2.90. The third kappa shape index (κ3) is 4.97. The molecule has 0 saturated heterocycles. The lowest BCUT2D eigenvalue weighted by atomic mass is 10.2. The first-order valence-electron chi connectivity index (χ1n) is 8.44. The van der Waals surface area contributed by atoms with E-state index in [1.165, 1.54) is 0 Å². The van der Waals surface area contributed by atoms with Gasteiger partial charge < -0.3 is 19.4 Å². The second kappa shape index (κ2) is 8.07. The summed E-state index contributed by atoms with van der Waals surface area (Å²) in [6.45, 7) is 9.61. The summed E-state index contributed by atoms with van der Waals surface area (Å²) in [5, 5.41) is 3.55. The van der Waals surface area contributed by atoms with Crippen LogP contribution in [0.1, 0.15) is 51.1 Å². The number of carbonyl (C=O) groups is 2. The van der Waals surface area contributed by atoms with Crippen LogP contribution in [-0.4, -0.2) is 40.4 Å². The molecule has 142 valence electrons. The molecule has 0 bridgehead atoms. The molecule has 2 rings (SSSR count). The lowest BCUT2D eigenvalue weighted by molar-refractivity contribution is 0.0511. The zero-order valence-electron chi connectivity index (χ0n) is 15.6. The SMILES string of the molecule is CCOC(=O)c1cc2ccc(Br)nc2n1C(C)CNC(=O)OC(C)(C)C. The molecule has 2 heterocycles. The normalized spacial score (nSPS) is 12.7. The fourth-order valence-corrected chi connectivity index (χ4v) is 2.82. The molecule has 0 saturated carbocycles. The van der Waals surface area contributed by atoms with Gasteiger partial charge in [-0.2, -0.15) is 0 Å². The van der Waals surface area contributed by atoms with Gasteiger partial charge in [0.05, 0.1) is 12.6 Å². The Bertz CT molecular complexity index is 811. The van der Waals surface area contributed by atoms with Crippen molar-refractivity contribution < 1.29 is 19.1 Å². The molecule has 1 atom stereocenters. The maximum Gasteiger partial charge on any atom is 0.407 e. The molecule has 0 spiro atoms. The maximum absolute atomic E-state index is 12.4. The number of carbonyl (C=O) groups excluding carboxylic acids is 2. The number of nitrogens with one attached hydrogen (secondary N) is 1. The average molecular weight is 426 g/mol. The Morgan fingerprint density at radius 1 is 1.35 bits per heavy atom. The molecule has 8 heteroatoms. The van der Waals surface area contributed by atoms with Crippen LogP contribution in [0.4, 0.5) is 4.79 Å². The Morgan fingerprint density at radius 2 is 2.04 bits per heavy atom. The summed E-state index contributed by atoms with van der Waals surface area (Å²) < 4.78 is 12.8. The lowest BCUT2D eigenvalue weighted by Gasteiger charge is -2.22. The number of halogens is 1. The van der Waals surface area contributed by atoms with Gasteiger partial charge >= 0.3 is 12.1 Å². The van der Waals surface area contributed by atoms with Gasteiger partial charge in [-0.25, -0.2) is 14.6 Å². The van der Waals surface area contributed by atoms with Crippen LogP contribution in [0.15, 0.2) is 22.8 Å². The molecular formula is C18H24BrN3O4. The van der Waals surface area contributed by atoms with E-state index in [1.807, 2.05) is 19.1 Å². The molecule has 0 radical (unpaired) electrons. The van der Waals surface area contributed by atoms with Crippen molar-refractivity contribution in [1.29, 1.82) is 0 Å². The zero-order chi connectivity index (χ0) is 19.5. The predicted octanol–water partition coefficient (Wildman–Crippen LogP) is 4.06. The number of nitrogens with zero attached hydrogens (tertiary/aromatic N) is 2. The number of pyridine rings is 1. The van der Waals surface area contributed by atoms with E-state index < -0.39 is 17.7 Å². The van der Waals surface area contributed by atoms with Crippen molar-refractivity contribution in [3.8, 4) is 0 Å². The Morgan fingerprint density at radius 3 is 2.65 bits per heavy atom. The minimum absolute atomic E-state index is 0.235. The van der Waals surface area contributed by atoms with Gasteiger partial charge in [-0.3, -0.25) is 0 Å². The Balaban J connectivity index is 2.30. The summed E-state index contributed by atoms with van der Waals surface area (Å²) in [7, 11) is 0. The van der Waals surface area contributed by atoms with Crippen LogP contribution in [0.5, 0.6) is 0 Å². The Kier molecular flexibility index (Phi) is 6.28. The number of fused-ring (bicyclic) bond motifs is 1. The third-order valence-corrected chi connectivity index (χ3v) is 3.96. The molecule has 1 amide bonds. The molecule has 0 aliphatic rings. The van der Waals surface area contributed by atoms with Crippen LogP contribution in [-0.2, 0) is 9.47 Å². The number of amides is 1. The van der Waals surface area contributed by atoms with Gasteiger partial charge in [-0.05, 0) is 68.7 Å². The first kappa shape index (κ1) is 20.2. The van der Waals surface area contributed by atoms with Crippen molar-refractivity contribution in [3.05, 3.63) is 28.5 Å². The van der Waals surface area contributed by atoms with E-state index >= 15 is 0 Å². The number of alkyl carbamates (subject to hydrolysis) is 1. The molecule has 26 heavy (non-hydrogen) atoms. The Labute approximate surface area is 161 Å². The van der Waals surface area contributed by atoms with E-state index in [9.17, 15) is 9.59 Å². The van der Waals surface area contributed by atoms with E-state index in [0.29, 0.717) is 15.9 Å². The first-order chi connectivity index (χ1) is 12.1. The summed E-state index contributed by atoms with van der Waals surface area (Å²) in [5.41, 5.74) is 0.461. The van der Waals surface area contributed by atoms with E-state index in [0.717, 1.165) is 5.39 Å². The summed E-state index contributed by atoms with van der Waals surface area (Å²) in [4.78, 5) is 28.7. The van der Waals surface area contributed by atoms with E-state index in [2.05, 4.69) is 26.2 Å². The number of rotatable bonds is 5. The highest BCUT2D eigenvalue weighted by Crippen LogP contribution is 2.25. The molecular weight excluding hydrogens is 402 g/mol. The van der Waals surface area contributed by atoms with Gasteiger partial charge in [-0.15, -0.1) is 0 Å². The highest BCUT2D eigenvalue weighted by Gasteiger charge is 2.23. The molecule has 1 unspecified atom stereocenters. The molecule has 0 aliphatic carbocycles. The van der Waals surface area contributed by atoms with Crippen LogP contribution in [0.3, 0.4) is 0 Å².